The second-order valence-corrected chi connectivity index (χ2v) is 8.52. The predicted molar refractivity (Wildman–Crippen MR) is 123 cm³/mol. The second-order valence-electron chi connectivity index (χ2n) is 8.52. The third-order valence-corrected chi connectivity index (χ3v) is 6.16. The number of carbonyl (C=O) groups is 2. The number of hydrogen-bond donors (Lipinski definition) is 1. The SMILES string of the molecule is Cc1cccc(C(=O)N2CCN3CC(=O)Nc4cc(-c5ncnn5C)ccc4OC[C@H]3C2)c1. The Balaban J connectivity index is 1.36. The van der Waals surface area contributed by atoms with Crippen molar-refractivity contribution in [2.75, 3.05) is 38.1 Å². The number of anilines is 1. The van der Waals surface area contributed by atoms with Crippen LogP contribution in [0.1, 0.15) is 15.9 Å². The van der Waals surface area contributed by atoms with E-state index in [1.54, 1.807) is 4.68 Å². The number of aromatic nitrogens is 3. The maximum atomic E-state index is 13.1. The third-order valence-electron chi connectivity index (χ3n) is 6.16. The number of piperazine rings is 1. The van der Waals surface area contributed by atoms with Gasteiger partial charge in [0.2, 0.25) is 5.91 Å². The van der Waals surface area contributed by atoms with Gasteiger partial charge >= 0.3 is 0 Å². The Morgan fingerprint density at radius 2 is 2.06 bits per heavy atom. The van der Waals surface area contributed by atoms with Gasteiger partial charge in [0.25, 0.3) is 5.91 Å². The zero-order valence-corrected chi connectivity index (χ0v) is 18.7. The predicted octanol–water partition coefficient (Wildman–Crippen LogP) is 1.95. The number of rotatable bonds is 2. The first-order chi connectivity index (χ1) is 16.0. The van der Waals surface area contributed by atoms with Gasteiger partial charge in [-0.3, -0.25) is 14.5 Å². The molecule has 2 amide bonds. The fourth-order valence-electron chi connectivity index (χ4n) is 4.41. The quantitative estimate of drug-likeness (QED) is 0.647. The molecule has 3 heterocycles. The van der Waals surface area contributed by atoms with Crippen LogP contribution in [0.4, 0.5) is 5.69 Å². The Kier molecular flexibility index (Phi) is 5.55. The summed E-state index contributed by atoms with van der Waals surface area (Å²) in [5, 5.41) is 7.09. The van der Waals surface area contributed by atoms with Gasteiger partial charge in [0.1, 0.15) is 18.7 Å². The molecule has 2 aromatic carbocycles. The van der Waals surface area contributed by atoms with Gasteiger partial charge in [-0.2, -0.15) is 5.10 Å². The van der Waals surface area contributed by atoms with Gasteiger partial charge < -0.3 is 15.0 Å². The fourth-order valence-corrected chi connectivity index (χ4v) is 4.41. The Labute approximate surface area is 192 Å². The number of hydrogen-bond acceptors (Lipinski definition) is 6. The third kappa shape index (κ3) is 4.31. The standard InChI is InChI=1S/C24H26N6O3/c1-16-4-3-5-18(10-16)24(32)30-9-8-29-13-22(31)27-20-11-17(23-25-15-26-28(23)2)6-7-21(20)33-14-19(29)12-30/h3-7,10-11,15,19H,8-9,12-14H2,1-2H3,(H,27,31)/t19-/m1/s1. The van der Waals surface area contributed by atoms with Crippen LogP contribution in [0.2, 0.25) is 0 Å². The van der Waals surface area contributed by atoms with Gasteiger partial charge in [-0.15, -0.1) is 0 Å². The Bertz CT molecular complexity index is 1210. The van der Waals surface area contributed by atoms with E-state index >= 15 is 0 Å². The van der Waals surface area contributed by atoms with E-state index in [0.717, 1.165) is 11.1 Å². The highest BCUT2D eigenvalue weighted by Gasteiger charge is 2.33. The number of benzene rings is 2. The zero-order valence-electron chi connectivity index (χ0n) is 18.7. The molecule has 1 saturated heterocycles. The maximum Gasteiger partial charge on any atom is 0.253 e. The molecule has 1 atom stereocenters. The van der Waals surface area contributed by atoms with Crippen LogP contribution in [-0.2, 0) is 11.8 Å². The first-order valence-corrected chi connectivity index (χ1v) is 11.0. The number of fused-ring (bicyclic) bond motifs is 2. The van der Waals surface area contributed by atoms with Crippen molar-refractivity contribution in [3.63, 3.8) is 0 Å². The van der Waals surface area contributed by atoms with Crippen molar-refractivity contribution in [1.29, 1.82) is 0 Å². The molecule has 9 heteroatoms. The molecule has 2 aliphatic rings. The van der Waals surface area contributed by atoms with Crippen LogP contribution in [-0.4, -0.2) is 75.2 Å². The first kappa shape index (κ1) is 21.1. The van der Waals surface area contributed by atoms with Crippen molar-refractivity contribution in [3.05, 3.63) is 59.9 Å². The lowest BCUT2D eigenvalue weighted by Crippen LogP contribution is -2.57. The normalized spacial score (nSPS) is 18.8. The van der Waals surface area contributed by atoms with Gasteiger partial charge in [0.15, 0.2) is 5.82 Å². The van der Waals surface area contributed by atoms with Crippen molar-refractivity contribution in [2.24, 2.45) is 7.05 Å². The van der Waals surface area contributed by atoms with E-state index < -0.39 is 0 Å². The molecule has 1 fully saturated rings. The minimum Gasteiger partial charge on any atom is -0.490 e. The smallest absolute Gasteiger partial charge is 0.253 e. The molecule has 0 spiro atoms. The fraction of sp³-hybridized carbons (Fsp3) is 0.333. The van der Waals surface area contributed by atoms with Gasteiger partial charge in [0, 0.05) is 37.8 Å². The maximum absolute atomic E-state index is 13.1. The average molecular weight is 447 g/mol. The van der Waals surface area contributed by atoms with Crippen LogP contribution in [0, 0.1) is 6.92 Å². The van der Waals surface area contributed by atoms with Gasteiger partial charge in [0.05, 0.1) is 18.3 Å². The lowest BCUT2D eigenvalue weighted by atomic mass is 10.1. The topological polar surface area (TPSA) is 92.6 Å². The first-order valence-electron chi connectivity index (χ1n) is 11.0. The molecule has 170 valence electrons. The molecule has 0 aliphatic carbocycles. The second kappa shape index (κ2) is 8.67. The van der Waals surface area contributed by atoms with Crippen molar-refractivity contribution in [3.8, 4) is 17.1 Å². The van der Waals surface area contributed by atoms with E-state index in [2.05, 4.69) is 20.3 Å². The highest BCUT2D eigenvalue weighted by atomic mass is 16.5. The minimum absolute atomic E-state index is 0.0105. The summed E-state index contributed by atoms with van der Waals surface area (Å²) in [5.74, 6) is 1.20. The summed E-state index contributed by atoms with van der Waals surface area (Å²) in [4.78, 5) is 34.1. The number of nitrogens with zero attached hydrogens (tertiary/aromatic N) is 5. The van der Waals surface area contributed by atoms with E-state index in [1.165, 1.54) is 6.33 Å². The molecule has 0 unspecified atom stereocenters. The number of ether oxygens (including phenoxy) is 1. The van der Waals surface area contributed by atoms with Crippen LogP contribution in [0.5, 0.6) is 5.75 Å². The van der Waals surface area contributed by atoms with E-state index in [1.807, 2.05) is 61.3 Å². The molecule has 0 bridgehead atoms. The Morgan fingerprint density at radius 1 is 1.18 bits per heavy atom. The zero-order chi connectivity index (χ0) is 22.9. The molecule has 33 heavy (non-hydrogen) atoms. The number of nitrogens with one attached hydrogen (secondary N) is 1. The van der Waals surface area contributed by atoms with Gasteiger partial charge in [-0.1, -0.05) is 17.7 Å². The largest absolute Gasteiger partial charge is 0.490 e. The molecule has 3 aromatic rings. The Morgan fingerprint density at radius 3 is 2.85 bits per heavy atom. The molecular weight excluding hydrogens is 420 g/mol. The van der Waals surface area contributed by atoms with Gasteiger partial charge in [-0.25, -0.2) is 9.67 Å². The highest BCUT2D eigenvalue weighted by Crippen LogP contribution is 2.31. The van der Waals surface area contributed by atoms with Crippen LogP contribution < -0.4 is 10.1 Å². The van der Waals surface area contributed by atoms with E-state index in [9.17, 15) is 9.59 Å². The van der Waals surface area contributed by atoms with Gasteiger partial charge in [-0.05, 0) is 37.3 Å². The lowest BCUT2D eigenvalue weighted by molar-refractivity contribution is -0.118. The van der Waals surface area contributed by atoms with Crippen LogP contribution in [0.15, 0.2) is 48.8 Å². The summed E-state index contributed by atoms with van der Waals surface area (Å²) >= 11 is 0. The van der Waals surface area contributed by atoms with Crippen molar-refractivity contribution < 1.29 is 14.3 Å². The average Bonchev–Trinajstić information content (AvgIpc) is 3.25. The summed E-state index contributed by atoms with van der Waals surface area (Å²) in [6.07, 6.45) is 1.49. The van der Waals surface area contributed by atoms with Crippen molar-refractivity contribution in [1.82, 2.24) is 24.6 Å². The molecule has 1 aromatic heterocycles. The summed E-state index contributed by atoms with van der Waals surface area (Å²) < 4.78 is 7.82. The summed E-state index contributed by atoms with van der Waals surface area (Å²) in [5.41, 5.74) is 3.18. The monoisotopic (exact) mass is 446 g/mol. The molecule has 5 rings (SSSR count). The number of amides is 2. The molecule has 2 aliphatic heterocycles. The highest BCUT2D eigenvalue weighted by molar-refractivity contribution is 5.95. The lowest BCUT2D eigenvalue weighted by Gasteiger charge is -2.40. The number of aryl methyl sites for hydroxylation is 2. The molecular formula is C24H26N6O3. The Hall–Kier alpha value is -3.72. The van der Waals surface area contributed by atoms with E-state index in [-0.39, 0.29) is 24.4 Å². The molecule has 0 radical (unpaired) electrons. The molecule has 1 N–H and O–H groups in total. The van der Waals surface area contributed by atoms with E-state index in [0.29, 0.717) is 49.1 Å². The summed E-state index contributed by atoms with van der Waals surface area (Å²) in [6.45, 7) is 4.29. The minimum atomic E-state index is -0.111. The van der Waals surface area contributed by atoms with Crippen LogP contribution in [0.3, 0.4) is 0 Å². The van der Waals surface area contributed by atoms with Crippen LogP contribution >= 0.6 is 0 Å². The molecule has 0 saturated carbocycles. The van der Waals surface area contributed by atoms with Crippen molar-refractivity contribution in [2.45, 2.75) is 13.0 Å². The summed E-state index contributed by atoms with van der Waals surface area (Å²) in [6, 6.07) is 13.2. The summed E-state index contributed by atoms with van der Waals surface area (Å²) in [7, 11) is 1.82. The van der Waals surface area contributed by atoms with E-state index in [4.69, 9.17) is 4.74 Å². The molecule has 9 nitrogen and oxygen atoms in total. The van der Waals surface area contributed by atoms with Crippen molar-refractivity contribution >= 4 is 17.5 Å². The van der Waals surface area contributed by atoms with Crippen LogP contribution in [0.25, 0.3) is 11.4 Å². The number of carbonyl (C=O) groups excluding carboxylic acids is 2.